The number of nitrogen functional groups attached to an aromatic ring is 2. The Bertz CT molecular complexity index is 784. The molecule has 0 amide bonds. The molecule has 0 bridgehead atoms. The van der Waals surface area contributed by atoms with E-state index in [1.165, 1.54) is 0 Å². The van der Waals surface area contributed by atoms with Gasteiger partial charge < -0.3 is 21.3 Å². The molecule has 0 aliphatic rings. The molecule has 0 heterocycles. The molecule has 0 spiro atoms. The second-order valence-electron chi connectivity index (χ2n) is 7.43. The monoisotopic (exact) mass is 386 g/mol. The summed E-state index contributed by atoms with van der Waals surface area (Å²) < 4.78 is 5.05. The van der Waals surface area contributed by atoms with Gasteiger partial charge in [0.2, 0.25) is 0 Å². The quantitative estimate of drug-likeness (QED) is 0.505. The van der Waals surface area contributed by atoms with Gasteiger partial charge >= 0.3 is 11.9 Å². The summed E-state index contributed by atoms with van der Waals surface area (Å²) in [5.41, 5.74) is 14.1. The van der Waals surface area contributed by atoms with Crippen molar-refractivity contribution in [2.75, 3.05) is 18.1 Å². The van der Waals surface area contributed by atoms with Crippen molar-refractivity contribution in [3.8, 4) is 0 Å². The third kappa shape index (κ3) is 8.12. The Labute approximate surface area is 166 Å². The third-order valence-electron chi connectivity index (χ3n) is 3.68. The summed E-state index contributed by atoms with van der Waals surface area (Å²) in [7, 11) is 0. The fourth-order valence-electron chi connectivity index (χ4n) is 2.38. The van der Waals surface area contributed by atoms with Gasteiger partial charge in [-0.3, -0.25) is 0 Å². The molecule has 0 radical (unpaired) electrons. The average molecular weight is 386 g/mol. The Morgan fingerprint density at radius 3 is 2.00 bits per heavy atom. The van der Waals surface area contributed by atoms with Gasteiger partial charge in [0, 0.05) is 11.4 Å². The Morgan fingerprint density at radius 2 is 1.50 bits per heavy atom. The fraction of sp³-hybridized carbons (Fsp3) is 0.364. The van der Waals surface area contributed by atoms with Crippen LogP contribution in [-0.2, 0) is 11.2 Å². The summed E-state index contributed by atoms with van der Waals surface area (Å²) in [5, 5.41) is 8.93. The van der Waals surface area contributed by atoms with E-state index in [0.29, 0.717) is 40.9 Å². The summed E-state index contributed by atoms with van der Waals surface area (Å²) in [6, 6.07) is 11.6. The highest BCUT2D eigenvalue weighted by Gasteiger charge is 2.11. The zero-order valence-corrected chi connectivity index (χ0v) is 16.9. The van der Waals surface area contributed by atoms with Gasteiger partial charge in [0.1, 0.15) is 0 Å². The molecular weight excluding hydrogens is 356 g/mol. The van der Waals surface area contributed by atoms with Crippen LogP contribution in [0.3, 0.4) is 0 Å². The van der Waals surface area contributed by atoms with E-state index in [1.807, 2.05) is 13.8 Å². The highest BCUT2D eigenvalue weighted by molar-refractivity contribution is 5.90. The Morgan fingerprint density at radius 1 is 0.929 bits per heavy atom. The first-order chi connectivity index (χ1) is 13.1. The molecule has 2 rings (SSSR count). The topological polar surface area (TPSA) is 116 Å². The van der Waals surface area contributed by atoms with Gasteiger partial charge in [-0.2, -0.15) is 0 Å². The summed E-state index contributed by atoms with van der Waals surface area (Å²) >= 11 is 0. The molecule has 0 unspecified atom stereocenters. The molecule has 0 saturated heterocycles. The van der Waals surface area contributed by atoms with E-state index in [1.54, 1.807) is 42.5 Å². The smallest absolute Gasteiger partial charge is 0.338 e. The number of carboxylic acids is 1. The average Bonchev–Trinajstić information content (AvgIpc) is 2.60. The minimum absolute atomic E-state index is 0.293. The molecule has 0 atom stereocenters. The predicted octanol–water partition coefficient (Wildman–Crippen LogP) is 4.25. The molecule has 0 aromatic heterocycles. The van der Waals surface area contributed by atoms with E-state index in [-0.39, 0.29) is 5.97 Å². The molecule has 0 aliphatic heterocycles. The van der Waals surface area contributed by atoms with Crippen LogP contribution in [0.4, 0.5) is 11.4 Å². The minimum atomic E-state index is -0.888. The van der Waals surface area contributed by atoms with Crippen LogP contribution in [0.1, 0.15) is 54.0 Å². The van der Waals surface area contributed by atoms with Gasteiger partial charge in [0.25, 0.3) is 0 Å². The van der Waals surface area contributed by atoms with Crippen LogP contribution in [0.2, 0.25) is 0 Å². The number of anilines is 2. The number of benzene rings is 2. The zero-order valence-electron chi connectivity index (χ0n) is 16.9. The summed E-state index contributed by atoms with van der Waals surface area (Å²) in [4.78, 5) is 22.3. The molecule has 2 aromatic carbocycles. The van der Waals surface area contributed by atoms with Crippen molar-refractivity contribution in [2.24, 2.45) is 11.8 Å². The first kappa shape index (κ1) is 23.0. The summed E-state index contributed by atoms with van der Waals surface area (Å²) in [6.45, 7) is 8.54. The Hall–Kier alpha value is -3.02. The standard InChI is InChI=1S/2C11H15NO2/c1-8(2)7-14-11(13)9-3-5-10(12)6-4-9;1-7(2)5-8-6-9(12)3-4-10(8)11(13)14/h3-6,8H,7,12H2,1-2H3;3-4,6-7H,5,12H2,1-2H3,(H,13,14). The van der Waals surface area contributed by atoms with Crippen molar-refractivity contribution in [3.05, 3.63) is 59.2 Å². The van der Waals surface area contributed by atoms with Gasteiger partial charge in [-0.1, -0.05) is 27.7 Å². The van der Waals surface area contributed by atoms with Gasteiger partial charge in [-0.25, -0.2) is 9.59 Å². The number of hydrogen-bond acceptors (Lipinski definition) is 5. The van der Waals surface area contributed by atoms with Crippen LogP contribution < -0.4 is 11.5 Å². The maximum Gasteiger partial charge on any atom is 0.338 e. The van der Waals surface area contributed by atoms with Crippen LogP contribution in [0, 0.1) is 11.8 Å². The lowest BCUT2D eigenvalue weighted by molar-refractivity contribution is 0.0458. The van der Waals surface area contributed by atoms with Crippen molar-refractivity contribution < 1.29 is 19.4 Å². The lowest BCUT2D eigenvalue weighted by Crippen LogP contribution is -2.10. The van der Waals surface area contributed by atoms with Crippen LogP contribution >= 0.6 is 0 Å². The van der Waals surface area contributed by atoms with Gasteiger partial charge in [-0.15, -0.1) is 0 Å². The molecule has 28 heavy (non-hydrogen) atoms. The number of aromatic carboxylic acids is 1. The first-order valence-corrected chi connectivity index (χ1v) is 9.24. The number of hydrogen-bond donors (Lipinski definition) is 3. The highest BCUT2D eigenvalue weighted by atomic mass is 16.5. The van der Waals surface area contributed by atoms with E-state index >= 15 is 0 Å². The maximum atomic E-state index is 11.4. The van der Waals surface area contributed by atoms with E-state index in [2.05, 4.69) is 13.8 Å². The first-order valence-electron chi connectivity index (χ1n) is 9.24. The molecule has 5 N–H and O–H groups in total. The Kier molecular flexibility index (Phi) is 9.02. The molecule has 2 aromatic rings. The lowest BCUT2D eigenvalue weighted by atomic mass is 9.97. The molecular formula is C22H30N2O4. The maximum absolute atomic E-state index is 11.4. The molecule has 0 fully saturated rings. The second-order valence-corrected chi connectivity index (χ2v) is 7.43. The largest absolute Gasteiger partial charge is 0.478 e. The third-order valence-corrected chi connectivity index (χ3v) is 3.68. The molecule has 152 valence electrons. The van der Waals surface area contributed by atoms with Crippen LogP contribution in [0.25, 0.3) is 0 Å². The number of nitrogens with two attached hydrogens (primary N) is 2. The summed E-state index contributed by atoms with van der Waals surface area (Å²) in [6.07, 6.45) is 0.743. The van der Waals surface area contributed by atoms with Crippen molar-refractivity contribution in [3.63, 3.8) is 0 Å². The van der Waals surface area contributed by atoms with Crippen LogP contribution in [0.5, 0.6) is 0 Å². The minimum Gasteiger partial charge on any atom is -0.478 e. The summed E-state index contributed by atoms with van der Waals surface area (Å²) in [5.74, 6) is -0.401. The van der Waals surface area contributed by atoms with Crippen molar-refractivity contribution in [2.45, 2.75) is 34.1 Å². The van der Waals surface area contributed by atoms with E-state index in [0.717, 1.165) is 12.0 Å². The van der Waals surface area contributed by atoms with Gasteiger partial charge in [0.15, 0.2) is 0 Å². The van der Waals surface area contributed by atoms with Crippen molar-refractivity contribution in [1.82, 2.24) is 0 Å². The number of esters is 1. The number of rotatable bonds is 6. The number of carboxylic acid groups (broad SMARTS) is 1. The van der Waals surface area contributed by atoms with Crippen molar-refractivity contribution in [1.29, 1.82) is 0 Å². The normalized spacial score (nSPS) is 10.4. The number of carbonyl (C=O) groups is 2. The molecule has 6 heteroatoms. The van der Waals surface area contributed by atoms with Crippen molar-refractivity contribution >= 4 is 23.3 Å². The van der Waals surface area contributed by atoms with Crippen LogP contribution in [0.15, 0.2) is 42.5 Å². The fourth-order valence-corrected chi connectivity index (χ4v) is 2.38. The van der Waals surface area contributed by atoms with E-state index < -0.39 is 5.97 Å². The Balaban J connectivity index is 0.000000280. The highest BCUT2D eigenvalue weighted by Crippen LogP contribution is 2.17. The van der Waals surface area contributed by atoms with E-state index in [9.17, 15) is 9.59 Å². The molecule has 6 nitrogen and oxygen atoms in total. The zero-order chi connectivity index (χ0) is 21.3. The number of carbonyl (C=O) groups excluding carboxylic acids is 1. The molecule has 0 aliphatic carbocycles. The van der Waals surface area contributed by atoms with Gasteiger partial charge in [0.05, 0.1) is 17.7 Å². The lowest BCUT2D eigenvalue weighted by Gasteiger charge is -2.09. The van der Waals surface area contributed by atoms with E-state index in [4.69, 9.17) is 21.3 Å². The second kappa shape index (κ2) is 11.0. The van der Waals surface area contributed by atoms with Gasteiger partial charge in [-0.05, 0) is 66.3 Å². The van der Waals surface area contributed by atoms with Crippen LogP contribution in [-0.4, -0.2) is 23.7 Å². The molecule has 0 saturated carbocycles. The number of ether oxygens (including phenoxy) is 1. The SMILES string of the molecule is CC(C)COC(=O)c1ccc(N)cc1.CC(C)Cc1cc(N)ccc1C(=O)O. The predicted molar refractivity (Wildman–Crippen MR) is 112 cm³/mol.